The van der Waals surface area contributed by atoms with Crippen molar-refractivity contribution in [2.45, 2.75) is 52.0 Å². The van der Waals surface area contributed by atoms with Crippen LogP contribution in [0.5, 0.6) is 0 Å². The molecule has 2 N–H and O–H groups in total. The molecular weight excluding hydrogens is 479 g/mol. The minimum absolute atomic E-state index is 0. The summed E-state index contributed by atoms with van der Waals surface area (Å²) in [7, 11) is 1.81. The highest BCUT2D eigenvalue weighted by molar-refractivity contribution is 14.0. The number of rotatable bonds is 6. The van der Waals surface area contributed by atoms with Crippen LogP contribution in [0.4, 0.5) is 5.69 Å². The first-order valence-corrected chi connectivity index (χ1v) is 10.2. The lowest BCUT2D eigenvalue weighted by Crippen LogP contribution is -2.51. The second-order valence-corrected chi connectivity index (χ2v) is 7.72. The van der Waals surface area contributed by atoms with E-state index in [9.17, 15) is 0 Å². The maximum Gasteiger partial charge on any atom is 0.228 e. The zero-order valence-electron chi connectivity index (χ0n) is 17.8. The molecule has 29 heavy (non-hydrogen) atoms. The summed E-state index contributed by atoms with van der Waals surface area (Å²) in [4.78, 5) is 11.2. The van der Waals surface area contributed by atoms with Gasteiger partial charge in [-0.2, -0.15) is 4.98 Å². The summed E-state index contributed by atoms with van der Waals surface area (Å²) in [6.07, 6.45) is 2.99. The molecule has 1 aliphatic rings. The van der Waals surface area contributed by atoms with Gasteiger partial charge in [-0.25, -0.2) is 0 Å². The summed E-state index contributed by atoms with van der Waals surface area (Å²) in [5.74, 6) is 2.52. The lowest BCUT2D eigenvalue weighted by Gasteiger charge is -2.35. The first-order chi connectivity index (χ1) is 13.5. The molecule has 1 saturated heterocycles. The van der Waals surface area contributed by atoms with Gasteiger partial charge < -0.3 is 20.1 Å². The number of aliphatic imine (C=N–C) groups is 1. The molecule has 1 fully saturated rings. The van der Waals surface area contributed by atoms with Crippen molar-refractivity contribution in [1.29, 1.82) is 0 Å². The van der Waals surface area contributed by atoms with Crippen molar-refractivity contribution in [2.24, 2.45) is 4.99 Å². The van der Waals surface area contributed by atoms with Gasteiger partial charge in [-0.3, -0.25) is 4.99 Å². The largest absolute Gasteiger partial charge is 0.369 e. The minimum atomic E-state index is 0. The van der Waals surface area contributed by atoms with E-state index in [4.69, 9.17) is 4.52 Å². The van der Waals surface area contributed by atoms with E-state index in [1.165, 1.54) is 17.7 Å². The predicted molar refractivity (Wildman–Crippen MR) is 128 cm³/mol. The summed E-state index contributed by atoms with van der Waals surface area (Å²) < 4.78 is 5.29. The fourth-order valence-corrected chi connectivity index (χ4v) is 3.36. The maximum absolute atomic E-state index is 5.29. The molecular formula is C21H33IN6O. The molecule has 3 rings (SSSR count). The molecule has 7 nitrogen and oxygen atoms in total. The van der Waals surface area contributed by atoms with Gasteiger partial charge in [-0.05, 0) is 31.9 Å². The summed E-state index contributed by atoms with van der Waals surface area (Å²) >= 11 is 0. The lowest BCUT2D eigenvalue weighted by molar-refractivity contribution is 0.371. The number of aryl methyl sites for hydroxylation is 1. The molecule has 0 amide bonds. The van der Waals surface area contributed by atoms with E-state index < -0.39 is 0 Å². The van der Waals surface area contributed by atoms with Gasteiger partial charge in [-0.1, -0.05) is 36.7 Å². The number of anilines is 1. The van der Waals surface area contributed by atoms with Gasteiger partial charge in [0.05, 0.1) is 0 Å². The van der Waals surface area contributed by atoms with Crippen LogP contribution in [-0.4, -0.2) is 48.8 Å². The van der Waals surface area contributed by atoms with Crippen LogP contribution in [0.3, 0.4) is 0 Å². The van der Waals surface area contributed by atoms with Gasteiger partial charge in [0, 0.05) is 50.7 Å². The Morgan fingerprint density at radius 3 is 2.72 bits per heavy atom. The molecule has 1 aromatic heterocycles. The van der Waals surface area contributed by atoms with Gasteiger partial charge >= 0.3 is 0 Å². The van der Waals surface area contributed by atoms with Crippen molar-refractivity contribution in [2.75, 3.05) is 31.6 Å². The minimum Gasteiger partial charge on any atom is -0.369 e. The highest BCUT2D eigenvalue weighted by Gasteiger charge is 2.21. The average Bonchev–Trinajstić information content (AvgIpc) is 3.17. The Labute approximate surface area is 190 Å². The Kier molecular flexibility index (Phi) is 9.19. The van der Waals surface area contributed by atoms with Crippen LogP contribution in [-0.2, 0) is 6.42 Å². The Hall–Kier alpha value is -1.84. The molecule has 0 bridgehead atoms. The number of benzene rings is 1. The first-order valence-electron chi connectivity index (χ1n) is 10.2. The van der Waals surface area contributed by atoms with Crippen molar-refractivity contribution in [3.63, 3.8) is 0 Å². The molecule has 8 heteroatoms. The summed E-state index contributed by atoms with van der Waals surface area (Å²) in [5.41, 5.74) is 2.58. The number of halogens is 1. The summed E-state index contributed by atoms with van der Waals surface area (Å²) in [6.45, 7) is 9.02. The third kappa shape index (κ3) is 6.87. The molecule has 0 aliphatic carbocycles. The maximum atomic E-state index is 5.29. The van der Waals surface area contributed by atoms with Gasteiger partial charge in [0.2, 0.25) is 5.89 Å². The molecule has 0 radical (unpaired) electrons. The molecule has 1 aliphatic heterocycles. The third-order valence-electron chi connectivity index (χ3n) is 5.02. The Balaban J connectivity index is 0.00000300. The summed E-state index contributed by atoms with van der Waals surface area (Å²) in [6, 6.07) is 9.14. The van der Waals surface area contributed by atoms with Crippen molar-refractivity contribution in [3.05, 3.63) is 41.5 Å². The van der Waals surface area contributed by atoms with Crippen molar-refractivity contribution in [3.8, 4) is 0 Å². The monoisotopic (exact) mass is 512 g/mol. The SMILES string of the molecule is CN=C(NCCc1nc(C(C)C)no1)NC1CCCN(c2ccc(C)cc2)C1.I. The third-order valence-corrected chi connectivity index (χ3v) is 5.02. The van der Waals surface area contributed by atoms with E-state index >= 15 is 0 Å². The highest BCUT2D eigenvalue weighted by Crippen LogP contribution is 2.20. The van der Waals surface area contributed by atoms with Crippen molar-refractivity contribution < 1.29 is 4.52 Å². The quantitative estimate of drug-likeness (QED) is 0.351. The van der Waals surface area contributed by atoms with E-state index in [-0.39, 0.29) is 29.9 Å². The topological polar surface area (TPSA) is 78.6 Å². The van der Waals surface area contributed by atoms with Crippen molar-refractivity contribution >= 4 is 35.6 Å². The van der Waals surface area contributed by atoms with E-state index in [0.717, 1.165) is 31.3 Å². The highest BCUT2D eigenvalue weighted by atomic mass is 127. The first kappa shape index (κ1) is 23.4. The second kappa shape index (κ2) is 11.4. The van der Waals surface area contributed by atoms with Gasteiger partial charge in [-0.15, -0.1) is 24.0 Å². The average molecular weight is 512 g/mol. The zero-order chi connectivity index (χ0) is 19.9. The standard InChI is InChI=1S/C21H32N6O.HI/c1-15(2)20-25-19(28-26-20)11-12-23-21(22-4)24-17-6-5-13-27(14-17)18-9-7-16(3)8-10-18;/h7-10,15,17H,5-6,11-14H2,1-4H3,(H2,22,23,24);1H. The van der Waals surface area contributed by atoms with Crippen LogP contribution in [0.1, 0.15) is 49.9 Å². The van der Waals surface area contributed by atoms with Crippen LogP contribution in [0.15, 0.2) is 33.8 Å². The normalized spacial score (nSPS) is 17.2. The van der Waals surface area contributed by atoms with Crippen LogP contribution in [0.25, 0.3) is 0 Å². The number of piperidine rings is 1. The lowest BCUT2D eigenvalue weighted by atomic mass is 10.0. The van der Waals surface area contributed by atoms with E-state index in [1.807, 2.05) is 0 Å². The summed E-state index contributed by atoms with van der Waals surface area (Å²) in [5, 5.41) is 10.9. The fourth-order valence-electron chi connectivity index (χ4n) is 3.36. The van der Waals surface area contributed by atoms with Crippen molar-refractivity contribution in [1.82, 2.24) is 20.8 Å². The van der Waals surface area contributed by atoms with Crippen LogP contribution >= 0.6 is 24.0 Å². The number of aromatic nitrogens is 2. The number of guanidine groups is 1. The van der Waals surface area contributed by atoms with E-state index in [0.29, 0.717) is 24.9 Å². The molecule has 1 aromatic carbocycles. The second-order valence-electron chi connectivity index (χ2n) is 7.72. The van der Waals surface area contributed by atoms with Gasteiger partial charge in [0.25, 0.3) is 0 Å². The van der Waals surface area contributed by atoms with E-state index in [2.05, 4.69) is 75.7 Å². The molecule has 2 heterocycles. The number of nitrogens with zero attached hydrogens (tertiary/aromatic N) is 4. The van der Waals surface area contributed by atoms with Gasteiger partial charge in [0.1, 0.15) is 0 Å². The molecule has 1 atom stereocenters. The Morgan fingerprint density at radius 1 is 1.31 bits per heavy atom. The van der Waals surface area contributed by atoms with Gasteiger partial charge in [0.15, 0.2) is 11.8 Å². The predicted octanol–water partition coefficient (Wildman–Crippen LogP) is 3.50. The fraction of sp³-hybridized carbons (Fsp3) is 0.571. The molecule has 1 unspecified atom stereocenters. The molecule has 0 saturated carbocycles. The molecule has 2 aromatic rings. The van der Waals surface area contributed by atoms with Crippen LogP contribution in [0, 0.1) is 6.92 Å². The zero-order valence-corrected chi connectivity index (χ0v) is 20.1. The molecule has 160 valence electrons. The number of hydrogen-bond donors (Lipinski definition) is 2. The number of nitrogens with one attached hydrogen (secondary N) is 2. The van der Waals surface area contributed by atoms with Crippen LogP contribution in [0.2, 0.25) is 0 Å². The smallest absolute Gasteiger partial charge is 0.228 e. The molecule has 0 spiro atoms. The number of hydrogen-bond acceptors (Lipinski definition) is 5. The Bertz CT molecular complexity index is 774. The van der Waals surface area contributed by atoms with Crippen LogP contribution < -0.4 is 15.5 Å². The van der Waals surface area contributed by atoms with E-state index in [1.54, 1.807) is 7.05 Å². The Morgan fingerprint density at radius 2 is 2.07 bits per heavy atom.